The van der Waals surface area contributed by atoms with E-state index in [4.69, 9.17) is 16.3 Å². The van der Waals surface area contributed by atoms with E-state index in [1.165, 1.54) is 5.56 Å². The van der Waals surface area contributed by atoms with Gasteiger partial charge in [-0.1, -0.05) is 23.7 Å². The lowest BCUT2D eigenvalue weighted by atomic mass is 9.92. The van der Waals surface area contributed by atoms with Crippen LogP contribution in [0.3, 0.4) is 0 Å². The highest BCUT2D eigenvalue weighted by molar-refractivity contribution is 6.31. The summed E-state index contributed by atoms with van der Waals surface area (Å²) in [7, 11) is 2.00. The van der Waals surface area contributed by atoms with E-state index >= 15 is 0 Å². The lowest BCUT2D eigenvalue weighted by Gasteiger charge is -2.22. The molecule has 3 heteroatoms. The number of rotatable bonds is 3. The lowest BCUT2D eigenvalue weighted by Crippen LogP contribution is -2.25. The van der Waals surface area contributed by atoms with Gasteiger partial charge in [-0.05, 0) is 37.6 Å². The molecule has 0 bridgehead atoms. The predicted molar refractivity (Wildman–Crippen MR) is 66.9 cm³/mol. The van der Waals surface area contributed by atoms with Crippen molar-refractivity contribution in [2.75, 3.05) is 20.3 Å². The minimum atomic E-state index is 0.348. The van der Waals surface area contributed by atoms with Crippen molar-refractivity contribution >= 4 is 11.6 Å². The molecule has 1 aromatic rings. The van der Waals surface area contributed by atoms with Crippen LogP contribution in [0.1, 0.15) is 23.6 Å². The van der Waals surface area contributed by atoms with Crippen LogP contribution in [0.25, 0.3) is 0 Å². The topological polar surface area (TPSA) is 21.3 Å². The third kappa shape index (κ3) is 2.40. The van der Waals surface area contributed by atoms with Gasteiger partial charge >= 0.3 is 0 Å². The Labute approximate surface area is 102 Å². The van der Waals surface area contributed by atoms with Crippen molar-refractivity contribution in [3.05, 3.63) is 34.3 Å². The van der Waals surface area contributed by atoms with Gasteiger partial charge in [0.1, 0.15) is 0 Å². The number of ether oxygens (including phenoxy) is 1. The lowest BCUT2D eigenvalue weighted by molar-refractivity contribution is 0.178. The quantitative estimate of drug-likeness (QED) is 0.876. The highest BCUT2D eigenvalue weighted by atomic mass is 35.5. The van der Waals surface area contributed by atoms with Crippen LogP contribution in [0, 0.1) is 12.8 Å². The fourth-order valence-corrected chi connectivity index (χ4v) is 2.48. The molecule has 1 aliphatic heterocycles. The summed E-state index contributed by atoms with van der Waals surface area (Å²) >= 11 is 6.16. The molecular formula is C13H18ClNO. The maximum absolute atomic E-state index is 6.16. The Bertz CT molecular complexity index is 361. The van der Waals surface area contributed by atoms with Crippen LogP contribution in [-0.2, 0) is 4.74 Å². The molecule has 0 amide bonds. The average molecular weight is 240 g/mol. The zero-order chi connectivity index (χ0) is 11.5. The van der Waals surface area contributed by atoms with Crippen LogP contribution >= 0.6 is 11.6 Å². The van der Waals surface area contributed by atoms with Crippen LogP contribution in [0.2, 0.25) is 5.02 Å². The van der Waals surface area contributed by atoms with Gasteiger partial charge in [0.05, 0.1) is 6.61 Å². The Morgan fingerprint density at radius 1 is 1.50 bits per heavy atom. The molecule has 1 fully saturated rings. The third-order valence-corrected chi connectivity index (χ3v) is 3.71. The molecular weight excluding hydrogens is 222 g/mol. The van der Waals surface area contributed by atoms with Crippen molar-refractivity contribution in [1.29, 1.82) is 0 Å². The molecule has 1 aromatic carbocycles. The summed E-state index contributed by atoms with van der Waals surface area (Å²) in [5.74, 6) is 0.559. The zero-order valence-corrected chi connectivity index (χ0v) is 10.6. The van der Waals surface area contributed by atoms with Gasteiger partial charge < -0.3 is 10.1 Å². The molecule has 0 radical (unpaired) electrons. The van der Waals surface area contributed by atoms with E-state index in [0.717, 1.165) is 30.2 Å². The van der Waals surface area contributed by atoms with E-state index in [1.807, 2.05) is 14.0 Å². The van der Waals surface area contributed by atoms with Gasteiger partial charge in [-0.25, -0.2) is 0 Å². The summed E-state index contributed by atoms with van der Waals surface area (Å²) in [4.78, 5) is 0. The summed E-state index contributed by atoms with van der Waals surface area (Å²) in [6.07, 6.45) is 1.12. The summed E-state index contributed by atoms with van der Waals surface area (Å²) < 4.78 is 5.44. The Hall–Kier alpha value is -0.570. The first-order valence-electron chi connectivity index (χ1n) is 5.73. The number of hydrogen-bond acceptors (Lipinski definition) is 2. The molecule has 2 atom stereocenters. The number of benzene rings is 1. The summed E-state index contributed by atoms with van der Waals surface area (Å²) in [5.41, 5.74) is 2.39. The van der Waals surface area contributed by atoms with E-state index in [-0.39, 0.29) is 0 Å². The van der Waals surface area contributed by atoms with Gasteiger partial charge in [-0.2, -0.15) is 0 Å². The van der Waals surface area contributed by atoms with Crippen molar-refractivity contribution in [2.45, 2.75) is 19.4 Å². The molecule has 1 N–H and O–H groups in total. The van der Waals surface area contributed by atoms with Crippen molar-refractivity contribution in [3.63, 3.8) is 0 Å². The molecule has 16 heavy (non-hydrogen) atoms. The first-order valence-corrected chi connectivity index (χ1v) is 6.11. The van der Waals surface area contributed by atoms with Crippen LogP contribution in [0.15, 0.2) is 18.2 Å². The van der Waals surface area contributed by atoms with Crippen LogP contribution in [0.4, 0.5) is 0 Å². The van der Waals surface area contributed by atoms with Gasteiger partial charge in [0.15, 0.2) is 0 Å². The minimum absolute atomic E-state index is 0.348. The van der Waals surface area contributed by atoms with Crippen LogP contribution < -0.4 is 5.32 Å². The van der Waals surface area contributed by atoms with Gasteiger partial charge in [-0.3, -0.25) is 0 Å². The summed E-state index contributed by atoms with van der Waals surface area (Å²) in [6, 6.07) is 6.65. The monoisotopic (exact) mass is 239 g/mol. The second-order valence-corrected chi connectivity index (χ2v) is 4.81. The molecule has 0 aromatic heterocycles. The van der Waals surface area contributed by atoms with Crippen molar-refractivity contribution in [3.8, 4) is 0 Å². The van der Waals surface area contributed by atoms with Crippen LogP contribution in [0.5, 0.6) is 0 Å². The molecule has 0 aliphatic carbocycles. The molecule has 1 saturated heterocycles. The molecule has 0 spiro atoms. The van der Waals surface area contributed by atoms with E-state index in [0.29, 0.717) is 12.0 Å². The fourth-order valence-electron chi connectivity index (χ4n) is 2.29. The second kappa shape index (κ2) is 5.17. The van der Waals surface area contributed by atoms with Crippen LogP contribution in [-0.4, -0.2) is 20.3 Å². The first kappa shape index (κ1) is 11.9. The normalized spacial score (nSPS) is 22.3. The number of halogens is 1. The van der Waals surface area contributed by atoms with E-state index in [1.54, 1.807) is 0 Å². The van der Waals surface area contributed by atoms with E-state index < -0.39 is 0 Å². The number of nitrogens with one attached hydrogen (secondary N) is 1. The fraction of sp³-hybridized carbons (Fsp3) is 0.538. The Balaban J connectivity index is 2.22. The molecule has 1 aliphatic rings. The summed E-state index contributed by atoms with van der Waals surface area (Å²) in [6.45, 7) is 3.75. The van der Waals surface area contributed by atoms with Gasteiger partial charge in [0, 0.05) is 23.6 Å². The maximum Gasteiger partial charge on any atom is 0.0513 e. The SMILES string of the molecule is CNC(c1ccc(C)c(Cl)c1)C1CCOC1. The zero-order valence-electron chi connectivity index (χ0n) is 9.79. The summed E-state index contributed by atoms with van der Waals surface area (Å²) in [5, 5.41) is 4.21. The first-order chi connectivity index (χ1) is 7.72. The van der Waals surface area contributed by atoms with Crippen molar-refractivity contribution in [1.82, 2.24) is 5.32 Å². The highest BCUT2D eigenvalue weighted by Crippen LogP contribution is 2.30. The molecule has 2 nitrogen and oxygen atoms in total. The third-order valence-electron chi connectivity index (χ3n) is 3.30. The molecule has 88 valence electrons. The largest absolute Gasteiger partial charge is 0.381 e. The number of hydrogen-bond donors (Lipinski definition) is 1. The van der Waals surface area contributed by atoms with Crippen molar-refractivity contribution in [2.24, 2.45) is 5.92 Å². The minimum Gasteiger partial charge on any atom is -0.381 e. The predicted octanol–water partition coefficient (Wildman–Crippen LogP) is 2.95. The standard InChI is InChI=1S/C13H18ClNO/c1-9-3-4-10(7-12(9)14)13(15-2)11-5-6-16-8-11/h3-4,7,11,13,15H,5-6,8H2,1-2H3. The van der Waals surface area contributed by atoms with E-state index in [9.17, 15) is 0 Å². The molecule has 2 unspecified atom stereocenters. The maximum atomic E-state index is 6.16. The Morgan fingerprint density at radius 2 is 2.31 bits per heavy atom. The Morgan fingerprint density at radius 3 is 2.88 bits per heavy atom. The number of aryl methyl sites for hydroxylation is 1. The smallest absolute Gasteiger partial charge is 0.0513 e. The molecule has 1 heterocycles. The average Bonchev–Trinajstić information content (AvgIpc) is 2.78. The second-order valence-electron chi connectivity index (χ2n) is 4.40. The highest BCUT2D eigenvalue weighted by Gasteiger charge is 2.25. The van der Waals surface area contributed by atoms with Gasteiger partial charge in [0.25, 0.3) is 0 Å². The van der Waals surface area contributed by atoms with Gasteiger partial charge in [-0.15, -0.1) is 0 Å². The van der Waals surface area contributed by atoms with Gasteiger partial charge in [0.2, 0.25) is 0 Å². The Kier molecular flexibility index (Phi) is 3.85. The molecule has 2 rings (SSSR count). The molecule has 0 saturated carbocycles. The van der Waals surface area contributed by atoms with E-state index in [2.05, 4.69) is 23.5 Å². The van der Waals surface area contributed by atoms with Crippen molar-refractivity contribution < 1.29 is 4.74 Å².